The van der Waals surface area contributed by atoms with Crippen molar-refractivity contribution in [2.24, 2.45) is 0 Å². The largest absolute Gasteiger partial charge is 0.388 e. The Balaban J connectivity index is 1.43. The second-order valence-electron chi connectivity index (χ2n) is 6.51. The zero-order valence-corrected chi connectivity index (χ0v) is 13.8. The molecule has 3 rings (SSSR count). The molecule has 2 amide bonds. The Hall–Kier alpha value is -2.33. The molecule has 2 aromatic rings. The van der Waals surface area contributed by atoms with Crippen LogP contribution in [0.2, 0.25) is 0 Å². The molecule has 0 fully saturated rings. The zero-order valence-electron chi connectivity index (χ0n) is 13.8. The van der Waals surface area contributed by atoms with E-state index in [4.69, 9.17) is 0 Å². The Morgan fingerprint density at radius 1 is 1.00 bits per heavy atom. The van der Waals surface area contributed by atoms with Crippen molar-refractivity contribution < 1.29 is 9.90 Å². The molecule has 1 aliphatic rings. The van der Waals surface area contributed by atoms with E-state index >= 15 is 0 Å². The van der Waals surface area contributed by atoms with Crippen LogP contribution in [0.15, 0.2) is 54.6 Å². The summed E-state index contributed by atoms with van der Waals surface area (Å²) in [4.78, 5) is 11.9. The van der Waals surface area contributed by atoms with Crippen LogP contribution in [0.5, 0.6) is 0 Å². The standard InChI is InChI=1S/C20H24N2O2/c23-19(21-13-11-16-6-2-1-3-7-16)22-15-20(24)12-10-17-8-4-5-9-18(17)14-20/h1-9,24H,10-15H2,(H2,21,22,23)/t20-/m1/s1. The van der Waals surface area contributed by atoms with Crippen molar-refractivity contribution in [3.63, 3.8) is 0 Å². The monoisotopic (exact) mass is 324 g/mol. The number of hydrogen-bond acceptors (Lipinski definition) is 2. The first kappa shape index (κ1) is 16.5. The minimum absolute atomic E-state index is 0.224. The van der Waals surface area contributed by atoms with E-state index in [-0.39, 0.29) is 12.6 Å². The fourth-order valence-corrected chi connectivity index (χ4v) is 3.21. The molecule has 0 saturated carbocycles. The van der Waals surface area contributed by atoms with E-state index in [0.29, 0.717) is 19.4 Å². The minimum atomic E-state index is -0.856. The minimum Gasteiger partial charge on any atom is -0.388 e. The SMILES string of the molecule is O=C(NCCc1ccccc1)NC[C@@]1(O)CCc2ccccc2C1. The van der Waals surface area contributed by atoms with Crippen LogP contribution in [-0.2, 0) is 19.3 Å². The normalized spacial score (nSPS) is 19.4. The van der Waals surface area contributed by atoms with Gasteiger partial charge in [0.25, 0.3) is 0 Å². The van der Waals surface area contributed by atoms with Gasteiger partial charge in [0, 0.05) is 19.5 Å². The highest BCUT2D eigenvalue weighted by Gasteiger charge is 2.32. The smallest absolute Gasteiger partial charge is 0.314 e. The van der Waals surface area contributed by atoms with Gasteiger partial charge in [0.15, 0.2) is 0 Å². The van der Waals surface area contributed by atoms with Gasteiger partial charge in [-0.05, 0) is 36.0 Å². The van der Waals surface area contributed by atoms with Crippen LogP contribution in [-0.4, -0.2) is 29.8 Å². The molecule has 126 valence electrons. The summed E-state index contributed by atoms with van der Waals surface area (Å²) in [7, 11) is 0. The third kappa shape index (κ3) is 4.36. The van der Waals surface area contributed by atoms with Crippen LogP contribution in [0.1, 0.15) is 23.1 Å². The predicted molar refractivity (Wildman–Crippen MR) is 95.0 cm³/mol. The Morgan fingerprint density at radius 2 is 1.71 bits per heavy atom. The molecule has 24 heavy (non-hydrogen) atoms. The Labute approximate surface area is 142 Å². The van der Waals surface area contributed by atoms with Crippen LogP contribution in [0.3, 0.4) is 0 Å². The quantitative estimate of drug-likeness (QED) is 0.791. The average molecular weight is 324 g/mol. The average Bonchev–Trinajstić information content (AvgIpc) is 2.61. The van der Waals surface area contributed by atoms with Gasteiger partial charge in [0.2, 0.25) is 0 Å². The van der Waals surface area contributed by atoms with Gasteiger partial charge < -0.3 is 15.7 Å². The molecule has 3 N–H and O–H groups in total. The molecular weight excluding hydrogens is 300 g/mol. The van der Waals surface area contributed by atoms with Crippen LogP contribution < -0.4 is 10.6 Å². The fraction of sp³-hybridized carbons (Fsp3) is 0.350. The molecule has 4 nitrogen and oxygen atoms in total. The maximum Gasteiger partial charge on any atom is 0.314 e. The summed E-state index contributed by atoms with van der Waals surface area (Å²) in [5.74, 6) is 0. The summed E-state index contributed by atoms with van der Waals surface area (Å²) in [5.41, 5.74) is 2.82. The van der Waals surface area contributed by atoms with Gasteiger partial charge in [-0.1, -0.05) is 54.6 Å². The number of benzene rings is 2. The maximum absolute atomic E-state index is 11.9. The molecule has 1 atom stereocenters. The summed E-state index contributed by atoms with van der Waals surface area (Å²) >= 11 is 0. The number of carbonyl (C=O) groups is 1. The van der Waals surface area contributed by atoms with Gasteiger partial charge in [-0.25, -0.2) is 4.79 Å². The van der Waals surface area contributed by atoms with E-state index < -0.39 is 5.60 Å². The highest BCUT2D eigenvalue weighted by atomic mass is 16.3. The van der Waals surface area contributed by atoms with Gasteiger partial charge in [0.05, 0.1) is 5.60 Å². The zero-order chi connectivity index (χ0) is 16.8. The van der Waals surface area contributed by atoms with Gasteiger partial charge >= 0.3 is 6.03 Å². The lowest BCUT2D eigenvalue weighted by molar-refractivity contribution is 0.0291. The number of hydrogen-bond donors (Lipinski definition) is 3. The van der Waals surface area contributed by atoms with E-state index in [1.54, 1.807) is 0 Å². The Morgan fingerprint density at radius 3 is 2.50 bits per heavy atom. The fourth-order valence-electron chi connectivity index (χ4n) is 3.21. The lowest BCUT2D eigenvalue weighted by Gasteiger charge is -2.33. The number of fused-ring (bicyclic) bond motifs is 1. The summed E-state index contributed by atoms with van der Waals surface area (Å²) < 4.78 is 0. The molecular formula is C20H24N2O2. The molecule has 0 spiro atoms. The second kappa shape index (κ2) is 7.49. The highest BCUT2D eigenvalue weighted by molar-refractivity contribution is 5.73. The van der Waals surface area contributed by atoms with Crippen molar-refractivity contribution in [2.75, 3.05) is 13.1 Å². The lowest BCUT2D eigenvalue weighted by atomic mass is 9.80. The summed E-state index contributed by atoms with van der Waals surface area (Å²) in [6.07, 6.45) is 2.91. The van der Waals surface area contributed by atoms with Crippen molar-refractivity contribution in [2.45, 2.75) is 31.3 Å². The van der Waals surface area contributed by atoms with Crippen LogP contribution >= 0.6 is 0 Å². The molecule has 0 radical (unpaired) electrons. The van der Waals surface area contributed by atoms with E-state index in [0.717, 1.165) is 12.8 Å². The number of urea groups is 1. The molecule has 4 heteroatoms. The number of nitrogens with one attached hydrogen (secondary N) is 2. The Kier molecular flexibility index (Phi) is 5.16. The van der Waals surface area contributed by atoms with Crippen LogP contribution in [0.4, 0.5) is 4.79 Å². The highest BCUT2D eigenvalue weighted by Crippen LogP contribution is 2.28. The van der Waals surface area contributed by atoms with E-state index in [2.05, 4.69) is 22.8 Å². The van der Waals surface area contributed by atoms with Crippen molar-refractivity contribution in [1.29, 1.82) is 0 Å². The van der Waals surface area contributed by atoms with E-state index in [1.807, 2.05) is 42.5 Å². The number of rotatable bonds is 5. The second-order valence-corrected chi connectivity index (χ2v) is 6.51. The van der Waals surface area contributed by atoms with Crippen molar-refractivity contribution in [1.82, 2.24) is 10.6 Å². The van der Waals surface area contributed by atoms with E-state index in [1.165, 1.54) is 16.7 Å². The predicted octanol–water partition coefficient (Wildman–Crippen LogP) is 2.45. The number of carbonyl (C=O) groups excluding carboxylic acids is 1. The maximum atomic E-state index is 11.9. The van der Waals surface area contributed by atoms with Gasteiger partial charge in [0.1, 0.15) is 0 Å². The van der Waals surface area contributed by atoms with Crippen LogP contribution in [0, 0.1) is 0 Å². The third-order valence-electron chi connectivity index (χ3n) is 4.62. The topological polar surface area (TPSA) is 61.4 Å². The third-order valence-corrected chi connectivity index (χ3v) is 4.62. The van der Waals surface area contributed by atoms with Gasteiger partial charge in [-0.3, -0.25) is 0 Å². The molecule has 2 aromatic carbocycles. The number of aliphatic hydroxyl groups is 1. The van der Waals surface area contributed by atoms with Crippen molar-refractivity contribution in [3.05, 3.63) is 71.3 Å². The first-order chi connectivity index (χ1) is 11.6. The summed E-state index contributed by atoms with van der Waals surface area (Å²) in [5, 5.41) is 16.4. The molecule has 1 aliphatic carbocycles. The van der Waals surface area contributed by atoms with Crippen molar-refractivity contribution in [3.8, 4) is 0 Å². The number of amides is 2. The number of aryl methyl sites for hydroxylation is 1. The molecule has 0 bridgehead atoms. The summed E-state index contributed by atoms with van der Waals surface area (Å²) in [6.45, 7) is 0.857. The van der Waals surface area contributed by atoms with Gasteiger partial charge in [-0.2, -0.15) is 0 Å². The van der Waals surface area contributed by atoms with Gasteiger partial charge in [-0.15, -0.1) is 0 Å². The molecule has 0 aliphatic heterocycles. The van der Waals surface area contributed by atoms with E-state index in [9.17, 15) is 9.90 Å². The molecule has 0 unspecified atom stereocenters. The first-order valence-electron chi connectivity index (χ1n) is 8.49. The van der Waals surface area contributed by atoms with Crippen molar-refractivity contribution >= 4 is 6.03 Å². The molecule has 0 aromatic heterocycles. The summed E-state index contributed by atoms with van der Waals surface area (Å²) in [6, 6.07) is 18.0. The lowest BCUT2D eigenvalue weighted by Crippen LogP contribution is -2.49. The molecule has 0 saturated heterocycles. The molecule has 0 heterocycles. The van der Waals surface area contributed by atoms with Crippen LogP contribution in [0.25, 0.3) is 0 Å². The first-order valence-corrected chi connectivity index (χ1v) is 8.49. The Bertz CT molecular complexity index is 687.